The first-order chi connectivity index (χ1) is 12.5. The monoisotopic (exact) mass is 374 g/mol. The molecule has 0 bridgehead atoms. The van der Waals surface area contributed by atoms with Crippen LogP contribution < -0.4 is 5.32 Å². The smallest absolute Gasteiger partial charge is 0.293 e. The molecule has 1 saturated heterocycles. The van der Waals surface area contributed by atoms with Gasteiger partial charge in [-0.25, -0.2) is 4.39 Å². The van der Waals surface area contributed by atoms with Crippen LogP contribution in [0, 0.1) is 12.7 Å². The Morgan fingerprint density at radius 3 is 2.73 bits per heavy atom. The van der Waals surface area contributed by atoms with Crippen LogP contribution in [0.4, 0.5) is 9.18 Å². The van der Waals surface area contributed by atoms with Gasteiger partial charge in [0, 0.05) is 18.7 Å². The minimum Gasteiger partial charge on any atom is -0.456 e. The van der Waals surface area contributed by atoms with Gasteiger partial charge in [0.2, 0.25) is 0 Å². The van der Waals surface area contributed by atoms with Gasteiger partial charge in [-0.2, -0.15) is 0 Å². The van der Waals surface area contributed by atoms with Crippen molar-refractivity contribution in [1.82, 2.24) is 10.2 Å². The number of nitrogens with zero attached hydrogens (tertiary/aromatic N) is 1. The average molecular weight is 374 g/mol. The van der Waals surface area contributed by atoms with E-state index in [4.69, 9.17) is 4.42 Å². The third kappa shape index (κ3) is 3.85. The van der Waals surface area contributed by atoms with Crippen LogP contribution in [0.1, 0.15) is 21.9 Å². The number of amides is 3. The van der Waals surface area contributed by atoms with Gasteiger partial charge in [0.1, 0.15) is 11.6 Å². The summed E-state index contributed by atoms with van der Waals surface area (Å²) in [5.74, 6) is -0.630. The summed E-state index contributed by atoms with van der Waals surface area (Å²) in [5, 5.41) is 2.13. The van der Waals surface area contributed by atoms with Crippen molar-refractivity contribution in [3.63, 3.8) is 0 Å². The van der Waals surface area contributed by atoms with Gasteiger partial charge < -0.3 is 9.73 Å². The normalized spacial score (nSPS) is 15.8. The maximum atomic E-state index is 13.7. The topological polar surface area (TPSA) is 79.6 Å². The molecule has 1 aromatic heterocycles. The number of thioether (sulfide) groups is 1. The Bertz CT molecular complexity index is 906. The van der Waals surface area contributed by atoms with E-state index in [1.807, 2.05) is 0 Å². The number of benzene rings is 1. The van der Waals surface area contributed by atoms with Crippen LogP contribution in [0.2, 0.25) is 0 Å². The van der Waals surface area contributed by atoms with Crippen molar-refractivity contribution in [2.24, 2.45) is 0 Å². The number of hydrogen-bond donors (Lipinski definition) is 1. The Balaban J connectivity index is 1.61. The number of hydrogen-bond acceptors (Lipinski definition) is 5. The molecule has 1 fully saturated rings. The molecule has 0 atom stereocenters. The number of carbonyl (C=O) groups is 3. The Labute approximate surface area is 153 Å². The van der Waals surface area contributed by atoms with Gasteiger partial charge in [-0.05, 0) is 43.0 Å². The SMILES string of the molecule is Cc1ccc(C(=O)NCCN2C(=O)S/C(=C\c3ccccc3F)C2=O)o1. The lowest BCUT2D eigenvalue weighted by Gasteiger charge is -2.12. The number of aryl methyl sites for hydroxylation is 1. The molecule has 0 saturated carbocycles. The molecule has 2 heterocycles. The van der Waals surface area contributed by atoms with Gasteiger partial charge in [0.15, 0.2) is 5.76 Å². The van der Waals surface area contributed by atoms with Gasteiger partial charge in [-0.15, -0.1) is 0 Å². The first-order valence-corrected chi connectivity index (χ1v) is 8.62. The molecule has 2 aromatic rings. The number of furan rings is 1. The number of imide groups is 1. The second-order valence-electron chi connectivity index (χ2n) is 5.52. The van der Waals surface area contributed by atoms with Gasteiger partial charge >= 0.3 is 0 Å². The lowest BCUT2D eigenvalue weighted by atomic mass is 10.2. The Kier molecular flexibility index (Phi) is 5.22. The molecule has 1 aromatic carbocycles. The number of carbonyl (C=O) groups excluding carboxylic acids is 3. The third-order valence-corrected chi connectivity index (χ3v) is 4.56. The quantitative estimate of drug-likeness (QED) is 0.813. The molecule has 8 heteroatoms. The van der Waals surface area contributed by atoms with E-state index in [9.17, 15) is 18.8 Å². The second-order valence-corrected chi connectivity index (χ2v) is 6.51. The van der Waals surface area contributed by atoms with E-state index in [0.29, 0.717) is 5.76 Å². The lowest BCUT2D eigenvalue weighted by molar-refractivity contribution is -0.122. The summed E-state index contributed by atoms with van der Waals surface area (Å²) in [7, 11) is 0. The minimum atomic E-state index is -0.508. The van der Waals surface area contributed by atoms with E-state index < -0.39 is 22.9 Å². The molecule has 3 rings (SSSR count). The summed E-state index contributed by atoms with van der Waals surface area (Å²) < 4.78 is 18.9. The molecule has 0 aliphatic carbocycles. The maximum absolute atomic E-state index is 13.7. The van der Waals surface area contributed by atoms with Crippen LogP contribution in [0.5, 0.6) is 0 Å². The zero-order chi connectivity index (χ0) is 18.7. The molecule has 6 nitrogen and oxygen atoms in total. The van der Waals surface area contributed by atoms with Gasteiger partial charge in [-0.3, -0.25) is 19.3 Å². The molecule has 0 unspecified atom stereocenters. The van der Waals surface area contributed by atoms with Crippen molar-refractivity contribution in [3.05, 3.63) is 64.2 Å². The fourth-order valence-corrected chi connectivity index (χ4v) is 3.21. The minimum absolute atomic E-state index is 0.0186. The average Bonchev–Trinajstić information content (AvgIpc) is 3.15. The third-order valence-electron chi connectivity index (χ3n) is 3.65. The van der Waals surface area contributed by atoms with Gasteiger partial charge in [0.05, 0.1) is 4.91 Å². The number of nitrogens with one attached hydrogen (secondary N) is 1. The predicted molar refractivity (Wildman–Crippen MR) is 94.9 cm³/mol. The molecule has 0 spiro atoms. The first kappa shape index (κ1) is 17.9. The van der Waals surface area contributed by atoms with E-state index in [0.717, 1.165) is 16.7 Å². The second kappa shape index (κ2) is 7.57. The van der Waals surface area contributed by atoms with Crippen LogP contribution in [0.25, 0.3) is 6.08 Å². The van der Waals surface area contributed by atoms with Crippen LogP contribution in [-0.2, 0) is 4.79 Å². The maximum Gasteiger partial charge on any atom is 0.293 e. The summed E-state index contributed by atoms with van der Waals surface area (Å²) in [5.41, 5.74) is 0.236. The molecule has 1 aliphatic rings. The lowest BCUT2D eigenvalue weighted by Crippen LogP contribution is -2.37. The standard InChI is InChI=1S/C18H15FN2O4S/c1-11-6-7-14(25-11)16(22)20-8-9-21-17(23)15(26-18(21)24)10-12-4-2-3-5-13(12)19/h2-7,10H,8-9H2,1H3,(H,20,22)/b15-10-. The highest BCUT2D eigenvalue weighted by Gasteiger charge is 2.34. The highest BCUT2D eigenvalue weighted by molar-refractivity contribution is 8.18. The zero-order valence-electron chi connectivity index (χ0n) is 13.8. The highest BCUT2D eigenvalue weighted by Crippen LogP contribution is 2.32. The molecule has 3 amide bonds. The van der Waals surface area contributed by atoms with Gasteiger partial charge in [0.25, 0.3) is 17.1 Å². The summed E-state index contributed by atoms with van der Waals surface area (Å²) in [6, 6.07) is 9.20. The molecule has 26 heavy (non-hydrogen) atoms. The molecule has 1 N–H and O–H groups in total. The molecule has 134 valence electrons. The van der Waals surface area contributed by atoms with Crippen molar-refractivity contribution in [2.75, 3.05) is 13.1 Å². The van der Waals surface area contributed by atoms with Gasteiger partial charge in [-0.1, -0.05) is 18.2 Å². The van der Waals surface area contributed by atoms with Crippen LogP contribution in [0.15, 0.2) is 45.7 Å². The van der Waals surface area contributed by atoms with Crippen LogP contribution >= 0.6 is 11.8 Å². The van der Waals surface area contributed by atoms with Crippen molar-refractivity contribution in [1.29, 1.82) is 0 Å². The fraction of sp³-hybridized carbons (Fsp3) is 0.167. The largest absolute Gasteiger partial charge is 0.456 e. The zero-order valence-corrected chi connectivity index (χ0v) is 14.6. The van der Waals surface area contributed by atoms with Crippen molar-refractivity contribution < 1.29 is 23.2 Å². The highest BCUT2D eigenvalue weighted by atomic mass is 32.2. The van der Waals surface area contributed by atoms with Crippen LogP contribution in [0.3, 0.4) is 0 Å². The summed E-state index contributed by atoms with van der Waals surface area (Å²) in [6.45, 7) is 1.83. The van der Waals surface area contributed by atoms with E-state index in [1.165, 1.54) is 18.2 Å². The Morgan fingerprint density at radius 2 is 2.04 bits per heavy atom. The summed E-state index contributed by atoms with van der Waals surface area (Å²) >= 11 is 0.745. The number of halogens is 1. The van der Waals surface area contributed by atoms with Crippen molar-refractivity contribution >= 4 is 34.9 Å². The first-order valence-electron chi connectivity index (χ1n) is 7.80. The van der Waals surface area contributed by atoms with E-state index in [-0.39, 0.29) is 29.3 Å². The molecular formula is C18H15FN2O4S. The Morgan fingerprint density at radius 1 is 1.27 bits per heavy atom. The van der Waals surface area contributed by atoms with Crippen LogP contribution in [-0.4, -0.2) is 35.0 Å². The summed E-state index contributed by atoms with van der Waals surface area (Å²) in [4.78, 5) is 37.4. The molecule has 0 radical (unpaired) electrons. The predicted octanol–water partition coefficient (Wildman–Crippen LogP) is 3.19. The van der Waals surface area contributed by atoms with E-state index in [1.54, 1.807) is 31.2 Å². The molecular weight excluding hydrogens is 359 g/mol. The Hall–Kier alpha value is -2.87. The van der Waals surface area contributed by atoms with E-state index >= 15 is 0 Å². The summed E-state index contributed by atoms with van der Waals surface area (Å²) in [6.07, 6.45) is 1.35. The van der Waals surface area contributed by atoms with Crippen molar-refractivity contribution in [2.45, 2.75) is 6.92 Å². The fourth-order valence-electron chi connectivity index (χ4n) is 2.35. The van der Waals surface area contributed by atoms with Crippen molar-refractivity contribution in [3.8, 4) is 0 Å². The molecule has 1 aliphatic heterocycles. The number of rotatable bonds is 5. The van der Waals surface area contributed by atoms with E-state index in [2.05, 4.69) is 5.32 Å².